The van der Waals surface area contributed by atoms with Crippen molar-refractivity contribution < 1.29 is 18.3 Å². The van der Waals surface area contributed by atoms with Gasteiger partial charge in [-0.25, -0.2) is 0 Å². The minimum Gasteiger partial charge on any atom is -0.395 e. The maximum absolute atomic E-state index is 12.0. The second-order valence-electron chi connectivity index (χ2n) is 4.51. The number of nitrogens with zero attached hydrogens (tertiary/aromatic N) is 1. The number of nitrogens with two attached hydrogens (primary N) is 1. The average molecular weight is 240 g/mol. The summed E-state index contributed by atoms with van der Waals surface area (Å²) >= 11 is 0. The predicted octanol–water partition coefficient (Wildman–Crippen LogP) is 0.969. The Labute approximate surface area is 93.4 Å². The van der Waals surface area contributed by atoms with Gasteiger partial charge in [-0.3, -0.25) is 4.90 Å². The molecule has 0 aromatic rings. The van der Waals surface area contributed by atoms with Crippen LogP contribution in [0.15, 0.2) is 0 Å². The molecule has 0 aromatic heterocycles. The van der Waals surface area contributed by atoms with Gasteiger partial charge in [-0.15, -0.1) is 0 Å². The lowest BCUT2D eigenvalue weighted by Crippen LogP contribution is -2.50. The molecule has 0 aliphatic heterocycles. The van der Waals surface area contributed by atoms with Gasteiger partial charge < -0.3 is 10.8 Å². The molecule has 1 rings (SSSR count). The van der Waals surface area contributed by atoms with Crippen LogP contribution in [-0.4, -0.2) is 48.5 Å². The monoisotopic (exact) mass is 240 g/mol. The zero-order chi connectivity index (χ0) is 12.3. The van der Waals surface area contributed by atoms with E-state index in [4.69, 9.17) is 5.73 Å². The van der Waals surface area contributed by atoms with Crippen molar-refractivity contribution in [2.24, 2.45) is 11.7 Å². The molecule has 0 amide bonds. The molecule has 0 heterocycles. The zero-order valence-electron chi connectivity index (χ0n) is 9.37. The van der Waals surface area contributed by atoms with Crippen LogP contribution < -0.4 is 5.73 Å². The third-order valence-corrected chi connectivity index (χ3v) is 3.11. The molecule has 0 spiro atoms. The van der Waals surface area contributed by atoms with Crippen molar-refractivity contribution in [3.05, 3.63) is 0 Å². The molecular formula is C10H19F3N2O. The van der Waals surface area contributed by atoms with E-state index in [2.05, 4.69) is 0 Å². The Balaban J connectivity index is 2.39. The van der Waals surface area contributed by atoms with E-state index in [0.717, 1.165) is 12.8 Å². The summed E-state index contributed by atoms with van der Waals surface area (Å²) in [6, 6.07) is -0.585. The van der Waals surface area contributed by atoms with E-state index in [-0.39, 0.29) is 25.2 Å². The van der Waals surface area contributed by atoms with Crippen LogP contribution >= 0.6 is 0 Å². The second kappa shape index (κ2) is 5.33. The van der Waals surface area contributed by atoms with Gasteiger partial charge in [0.2, 0.25) is 0 Å². The first-order chi connectivity index (χ1) is 7.35. The lowest BCUT2D eigenvalue weighted by atomic mass is 10.0. The first-order valence-corrected chi connectivity index (χ1v) is 5.48. The van der Waals surface area contributed by atoms with E-state index in [1.165, 1.54) is 4.90 Å². The van der Waals surface area contributed by atoms with Gasteiger partial charge >= 0.3 is 6.18 Å². The molecule has 1 aliphatic carbocycles. The normalized spacial score (nSPS) is 21.2. The Hall–Kier alpha value is -0.330. The van der Waals surface area contributed by atoms with Gasteiger partial charge in [-0.1, -0.05) is 0 Å². The summed E-state index contributed by atoms with van der Waals surface area (Å²) in [6.07, 6.45) is -2.98. The number of aliphatic hydroxyl groups excluding tert-OH is 1. The van der Waals surface area contributed by atoms with E-state index in [1.54, 1.807) is 7.05 Å². The smallest absolute Gasteiger partial charge is 0.390 e. The molecular weight excluding hydrogens is 221 g/mol. The third kappa shape index (κ3) is 4.27. The molecule has 0 aromatic carbocycles. The fourth-order valence-electron chi connectivity index (χ4n) is 1.82. The molecule has 3 nitrogen and oxygen atoms in total. The van der Waals surface area contributed by atoms with E-state index in [9.17, 15) is 18.3 Å². The summed E-state index contributed by atoms with van der Waals surface area (Å²) in [4.78, 5) is 1.51. The molecule has 6 heteroatoms. The molecule has 0 saturated heterocycles. The van der Waals surface area contributed by atoms with Crippen LogP contribution in [0.2, 0.25) is 0 Å². The van der Waals surface area contributed by atoms with Crippen LogP contribution in [0.3, 0.4) is 0 Å². The minimum atomic E-state index is -4.15. The quantitative estimate of drug-likeness (QED) is 0.727. The summed E-state index contributed by atoms with van der Waals surface area (Å²) in [5, 5.41) is 9.17. The molecule has 3 N–H and O–H groups in total. The number of alkyl halides is 3. The Morgan fingerprint density at radius 1 is 1.44 bits per heavy atom. The average Bonchev–Trinajstić information content (AvgIpc) is 2.97. The molecule has 0 bridgehead atoms. The van der Waals surface area contributed by atoms with Gasteiger partial charge in [0.1, 0.15) is 0 Å². The Morgan fingerprint density at radius 3 is 2.38 bits per heavy atom. The number of halogens is 3. The lowest BCUT2D eigenvalue weighted by molar-refractivity contribution is -0.139. The number of likely N-dealkylation sites (N-methyl/N-ethyl adjacent to an activating group) is 1. The molecule has 1 fully saturated rings. The van der Waals surface area contributed by atoms with E-state index in [1.807, 2.05) is 0 Å². The molecule has 1 aliphatic rings. The first-order valence-electron chi connectivity index (χ1n) is 5.48. The zero-order valence-corrected chi connectivity index (χ0v) is 9.37. The molecule has 2 atom stereocenters. The fraction of sp³-hybridized carbons (Fsp3) is 1.00. The highest BCUT2D eigenvalue weighted by Crippen LogP contribution is 2.34. The lowest BCUT2D eigenvalue weighted by Gasteiger charge is -2.31. The van der Waals surface area contributed by atoms with E-state index >= 15 is 0 Å². The topological polar surface area (TPSA) is 49.5 Å². The van der Waals surface area contributed by atoms with Crippen LogP contribution in [0.1, 0.15) is 19.3 Å². The largest absolute Gasteiger partial charge is 0.395 e. The SMILES string of the molecule is CN(CCC(F)(F)F)C(CO)C(N)C1CC1. The highest BCUT2D eigenvalue weighted by Gasteiger charge is 2.36. The van der Waals surface area contributed by atoms with Crippen LogP contribution in [0, 0.1) is 5.92 Å². The van der Waals surface area contributed by atoms with Crippen molar-refractivity contribution >= 4 is 0 Å². The Kier molecular flexibility index (Phi) is 4.58. The van der Waals surface area contributed by atoms with Gasteiger partial charge in [-0.2, -0.15) is 13.2 Å². The molecule has 1 saturated carbocycles. The van der Waals surface area contributed by atoms with Crippen LogP contribution in [0.5, 0.6) is 0 Å². The van der Waals surface area contributed by atoms with E-state index < -0.39 is 12.6 Å². The number of hydrogen-bond donors (Lipinski definition) is 2. The minimum absolute atomic E-state index is 0.116. The highest BCUT2D eigenvalue weighted by molar-refractivity contribution is 4.92. The maximum Gasteiger partial charge on any atom is 0.390 e. The summed E-state index contributed by atoms with van der Waals surface area (Å²) < 4.78 is 36.1. The molecule has 2 unspecified atom stereocenters. The van der Waals surface area contributed by atoms with Crippen LogP contribution in [-0.2, 0) is 0 Å². The Bertz CT molecular complexity index is 219. The van der Waals surface area contributed by atoms with Crippen molar-refractivity contribution in [1.82, 2.24) is 4.90 Å². The van der Waals surface area contributed by atoms with E-state index in [0.29, 0.717) is 5.92 Å². The van der Waals surface area contributed by atoms with Gasteiger partial charge in [-0.05, 0) is 25.8 Å². The number of hydrogen-bond acceptors (Lipinski definition) is 3. The van der Waals surface area contributed by atoms with Gasteiger partial charge in [0, 0.05) is 18.6 Å². The van der Waals surface area contributed by atoms with Crippen LogP contribution in [0.4, 0.5) is 13.2 Å². The second-order valence-corrected chi connectivity index (χ2v) is 4.51. The third-order valence-electron chi connectivity index (χ3n) is 3.11. The maximum atomic E-state index is 12.0. The van der Waals surface area contributed by atoms with Crippen molar-refractivity contribution in [2.75, 3.05) is 20.2 Å². The predicted molar refractivity (Wildman–Crippen MR) is 54.9 cm³/mol. The number of rotatable bonds is 6. The van der Waals surface area contributed by atoms with Crippen molar-refractivity contribution in [2.45, 2.75) is 37.5 Å². The van der Waals surface area contributed by atoms with Crippen molar-refractivity contribution in [1.29, 1.82) is 0 Å². The summed E-state index contributed by atoms with van der Waals surface area (Å²) in [5.74, 6) is 0.366. The molecule has 16 heavy (non-hydrogen) atoms. The van der Waals surface area contributed by atoms with Crippen molar-refractivity contribution in [3.8, 4) is 0 Å². The van der Waals surface area contributed by atoms with Gasteiger partial charge in [0.25, 0.3) is 0 Å². The molecule has 0 radical (unpaired) electrons. The van der Waals surface area contributed by atoms with Crippen LogP contribution in [0.25, 0.3) is 0 Å². The number of aliphatic hydroxyl groups is 1. The van der Waals surface area contributed by atoms with Gasteiger partial charge in [0.05, 0.1) is 13.0 Å². The molecule has 96 valence electrons. The standard InChI is InChI=1S/C10H19F3N2O/c1-15(5-4-10(11,12)13)8(6-16)9(14)7-2-3-7/h7-9,16H,2-6,14H2,1H3. The summed E-state index contributed by atoms with van der Waals surface area (Å²) in [5.41, 5.74) is 5.89. The Morgan fingerprint density at radius 2 is 2.00 bits per heavy atom. The van der Waals surface area contributed by atoms with Gasteiger partial charge in [0.15, 0.2) is 0 Å². The first kappa shape index (κ1) is 13.7. The highest BCUT2D eigenvalue weighted by atomic mass is 19.4. The van der Waals surface area contributed by atoms with Crippen molar-refractivity contribution in [3.63, 3.8) is 0 Å². The summed E-state index contributed by atoms with van der Waals surface area (Å²) in [6.45, 7) is -0.304. The fourth-order valence-corrected chi connectivity index (χ4v) is 1.82. The summed E-state index contributed by atoms with van der Waals surface area (Å²) in [7, 11) is 1.58.